The highest BCUT2D eigenvalue weighted by Gasteiger charge is 2.35. The van der Waals surface area contributed by atoms with Crippen LogP contribution < -0.4 is 5.32 Å². The van der Waals surface area contributed by atoms with Gasteiger partial charge in [-0.15, -0.1) is 0 Å². The van der Waals surface area contributed by atoms with Crippen molar-refractivity contribution in [3.8, 4) is 0 Å². The summed E-state index contributed by atoms with van der Waals surface area (Å²) in [4.78, 5) is 52.5. The summed E-state index contributed by atoms with van der Waals surface area (Å²) in [6, 6.07) is 6.83. The van der Waals surface area contributed by atoms with Gasteiger partial charge in [0.25, 0.3) is 11.8 Å². The molecule has 1 aromatic carbocycles. The van der Waals surface area contributed by atoms with Crippen LogP contribution in [0.25, 0.3) is 0 Å². The van der Waals surface area contributed by atoms with Crippen LogP contribution in [0.15, 0.2) is 24.3 Å². The molecule has 1 saturated heterocycles. The van der Waals surface area contributed by atoms with Crippen LogP contribution in [0.1, 0.15) is 66.7 Å². The number of nitrogens with one attached hydrogen (secondary N) is 1. The van der Waals surface area contributed by atoms with Crippen LogP contribution in [-0.2, 0) is 9.59 Å². The molecule has 2 heterocycles. The molecule has 0 bridgehead atoms. The summed E-state index contributed by atoms with van der Waals surface area (Å²) in [5, 5.41) is 3.10. The standard InChI is InChI=1S/C22H29N3O4/c1-3-15(4-2)20(27)23-16-9-12-24(13-10-16)19(26)11-14-25-21(28)17-7-5-6-8-18(17)22(25)29/h5-8,15-16H,3-4,9-14H2,1-2H3,(H,23,27). The zero-order valence-electron chi connectivity index (χ0n) is 17.1. The Kier molecular flexibility index (Phi) is 6.67. The minimum absolute atomic E-state index is 0.0503. The Morgan fingerprint density at radius 3 is 2.10 bits per heavy atom. The van der Waals surface area contributed by atoms with E-state index in [-0.39, 0.29) is 48.6 Å². The number of fused-ring (bicyclic) bond motifs is 1. The van der Waals surface area contributed by atoms with Crippen LogP contribution in [-0.4, -0.2) is 59.1 Å². The molecular formula is C22H29N3O4. The molecule has 7 heteroatoms. The molecule has 156 valence electrons. The number of benzene rings is 1. The van der Waals surface area contributed by atoms with Gasteiger partial charge in [-0.25, -0.2) is 0 Å². The van der Waals surface area contributed by atoms with E-state index in [0.29, 0.717) is 24.2 Å². The number of carbonyl (C=O) groups is 4. The molecule has 7 nitrogen and oxygen atoms in total. The van der Waals surface area contributed by atoms with E-state index in [0.717, 1.165) is 30.6 Å². The Labute approximate surface area is 171 Å². The van der Waals surface area contributed by atoms with Gasteiger partial charge in [0.05, 0.1) is 11.1 Å². The van der Waals surface area contributed by atoms with E-state index in [4.69, 9.17) is 0 Å². The van der Waals surface area contributed by atoms with Crippen molar-refractivity contribution in [2.45, 2.75) is 52.0 Å². The van der Waals surface area contributed by atoms with Crippen molar-refractivity contribution >= 4 is 23.6 Å². The molecule has 0 aliphatic carbocycles. The first-order valence-electron chi connectivity index (χ1n) is 10.5. The molecule has 29 heavy (non-hydrogen) atoms. The Morgan fingerprint density at radius 2 is 1.59 bits per heavy atom. The number of amides is 4. The van der Waals surface area contributed by atoms with Gasteiger partial charge in [-0.05, 0) is 37.8 Å². The first-order valence-corrected chi connectivity index (χ1v) is 10.5. The summed E-state index contributed by atoms with van der Waals surface area (Å²) in [7, 11) is 0. The van der Waals surface area contributed by atoms with E-state index >= 15 is 0 Å². The van der Waals surface area contributed by atoms with Crippen molar-refractivity contribution in [1.29, 1.82) is 0 Å². The summed E-state index contributed by atoms with van der Waals surface area (Å²) in [5.74, 6) is -0.575. The third-order valence-electron chi connectivity index (χ3n) is 5.98. The average molecular weight is 399 g/mol. The van der Waals surface area contributed by atoms with E-state index in [9.17, 15) is 19.2 Å². The lowest BCUT2D eigenvalue weighted by molar-refractivity contribution is -0.132. The Bertz CT molecular complexity index is 760. The lowest BCUT2D eigenvalue weighted by Crippen LogP contribution is -2.48. The predicted octanol–water partition coefficient (Wildman–Crippen LogP) is 2.22. The van der Waals surface area contributed by atoms with Gasteiger partial charge in [-0.3, -0.25) is 24.1 Å². The minimum Gasteiger partial charge on any atom is -0.353 e. The zero-order chi connectivity index (χ0) is 21.0. The quantitative estimate of drug-likeness (QED) is 0.712. The smallest absolute Gasteiger partial charge is 0.261 e. The number of piperidine rings is 1. The molecule has 2 aliphatic rings. The largest absolute Gasteiger partial charge is 0.353 e. The summed E-state index contributed by atoms with van der Waals surface area (Å²) in [6.45, 7) is 5.28. The summed E-state index contributed by atoms with van der Waals surface area (Å²) in [5.41, 5.74) is 0.804. The Hall–Kier alpha value is -2.70. The van der Waals surface area contributed by atoms with E-state index in [2.05, 4.69) is 5.32 Å². The molecule has 0 atom stereocenters. The lowest BCUT2D eigenvalue weighted by Gasteiger charge is -2.33. The maximum absolute atomic E-state index is 12.6. The van der Waals surface area contributed by atoms with Crippen LogP contribution in [0.3, 0.4) is 0 Å². The van der Waals surface area contributed by atoms with Gasteiger partial charge >= 0.3 is 0 Å². The maximum Gasteiger partial charge on any atom is 0.261 e. The molecule has 1 fully saturated rings. The molecule has 0 saturated carbocycles. The number of imide groups is 1. The van der Waals surface area contributed by atoms with Crippen molar-refractivity contribution in [2.75, 3.05) is 19.6 Å². The normalized spacial score (nSPS) is 17.1. The first-order chi connectivity index (χ1) is 14.0. The second-order valence-corrected chi connectivity index (χ2v) is 7.73. The van der Waals surface area contributed by atoms with E-state index in [1.807, 2.05) is 13.8 Å². The van der Waals surface area contributed by atoms with Crippen molar-refractivity contribution in [3.05, 3.63) is 35.4 Å². The molecular weight excluding hydrogens is 370 g/mol. The number of carbonyl (C=O) groups excluding carboxylic acids is 4. The van der Waals surface area contributed by atoms with Crippen molar-refractivity contribution in [3.63, 3.8) is 0 Å². The number of nitrogens with zero attached hydrogens (tertiary/aromatic N) is 2. The fraction of sp³-hybridized carbons (Fsp3) is 0.545. The monoisotopic (exact) mass is 399 g/mol. The summed E-state index contributed by atoms with van der Waals surface area (Å²) < 4.78 is 0. The molecule has 2 aliphatic heterocycles. The minimum atomic E-state index is -0.332. The van der Waals surface area contributed by atoms with Gasteiger partial charge in [-0.1, -0.05) is 26.0 Å². The van der Waals surface area contributed by atoms with Gasteiger partial charge in [0, 0.05) is 38.0 Å². The second kappa shape index (κ2) is 9.20. The molecule has 1 aromatic rings. The van der Waals surface area contributed by atoms with Gasteiger partial charge in [0.2, 0.25) is 11.8 Å². The molecule has 0 radical (unpaired) electrons. The third-order valence-corrected chi connectivity index (χ3v) is 5.98. The summed E-state index contributed by atoms with van der Waals surface area (Å²) in [6.07, 6.45) is 3.24. The van der Waals surface area contributed by atoms with Crippen LogP contribution in [0.2, 0.25) is 0 Å². The van der Waals surface area contributed by atoms with E-state index in [1.54, 1.807) is 29.2 Å². The topological polar surface area (TPSA) is 86.8 Å². The van der Waals surface area contributed by atoms with Crippen LogP contribution in [0, 0.1) is 5.92 Å². The molecule has 3 rings (SSSR count). The number of hydrogen-bond donors (Lipinski definition) is 1. The van der Waals surface area contributed by atoms with Crippen molar-refractivity contribution < 1.29 is 19.2 Å². The van der Waals surface area contributed by atoms with Crippen molar-refractivity contribution in [1.82, 2.24) is 15.1 Å². The van der Waals surface area contributed by atoms with Gasteiger partial charge < -0.3 is 10.2 Å². The zero-order valence-corrected chi connectivity index (χ0v) is 17.1. The maximum atomic E-state index is 12.6. The molecule has 0 aromatic heterocycles. The molecule has 4 amide bonds. The van der Waals surface area contributed by atoms with E-state index < -0.39 is 0 Å². The average Bonchev–Trinajstić information content (AvgIpc) is 2.98. The van der Waals surface area contributed by atoms with Gasteiger partial charge in [-0.2, -0.15) is 0 Å². The highest BCUT2D eigenvalue weighted by atomic mass is 16.2. The Morgan fingerprint density at radius 1 is 1.03 bits per heavy atom. The first kappa shape index (κ1) is 21.0. The highest BCUT2D eigenvalue weighted by molar-refractivity contribution is 6.21. The third kappa shape index (κ3) is 4.49. The molecule has 0 spiro atoms. The van der Waals surface area contributed by atoms with Crippen LogP contribution in [0.5, 0.6) is 0 Å². The van der Waals surface area contributed by atoms with Crippen LogP contribution >= 0.6 is 0 Å². The Balaban J connectivity index is 1.46. The second-order valence-electron chi connectivity index (χ2n) is 7.73. The summed E-state index contributed by atoms with van der Waals surface area (Å²) >= 11 is 0. The SMILES string of the molecule is CCC(CC)C(=O)NC1CCN(C(=O)CCN2C(=O)c3ccccc3C2=O)CC1. The molecule has 1 N–H and O–H groups in total. The fourth-order valence-electron chi connectivity index (χ4n) is 4.06. The van der Waals surface area contributed by atoms with Gasteiger partial charge in [0.1, 0.15) is 0 Å². The lowest BCUT2D eigenvalue weighted by atomic mass is 9.99. The highest BCUT2D eigenvalue weighted by Crippen LogP contribution is 2.23. The van der Waals surface area contributed by atoms with Crippen molar-refractivity contribution in [2.24, 2.45) is 5.92 Å². The fourth-order valence-corrected chi connectivity index (χ4v) is 4.06. The van der Waals surface area contributed by atoms with Crippen LogP contribution in [0.4, 0.5) is 0 Å². The number of likely N-dealkylation sites (tertiary alicyclic amines) is 1. The molecule has 0 unspecified atom stereocenters. The predicted molar refractivity (Wildman–Crippen MR) is 108 cm³/mol. The number of rotatable bonds is 7. The van der Waals surface area contributed by atoms with Gasteiger partial charge in [0.15, 0.2) is 0 Å². The van der Waals surface area contributed by atoms with E-state index in [1.165, 1.54) is 0 Å². The number of hydrogen-bond acceptors (Lipinski definition) is 4.